The third-order valence-electron chi connectivity index (χ3n) is 2.55. The fraction of sp³-hybridized carbons (Fsp3) is 0.417. The molecule has 0 fully saturated rings. The normalized spacial score (nSPS) is 12.7. The molecule has 1 aromatic rings. The van der Waals surface area contributed by atoms with E-state index in [1.807, 2.05) is 13.8 Å². The second-order valence-corrected chi connectivity index (χ2v) is 5.24. The molecule has 88 valence electrons. The van der Waals surface area contributed by atoms with Crippen molar-refractivity contribution in [2.24, 2.45) is 0 Å². The number of hydrogen-bond donors (Lipinski definition) is 1. The van der Waals surface area contributed by atoms with Crippen LogP contribution in [0.5, 0.6) is 0 Å². The van der Waals surface area contributed by atoms with Gasteiger partial charge < -0.3 is 5.11 Å². The molecule has 0 heterocycles. The third kappa shape index (κ3) is 2.70. The smallest absolute Gasteiger partial charge is 0.336 e. The first-order valence-corrected chi connectivity index (χ1v) is 6.56. The van der Waals surface area contributed by atoms with Gasteiger partial charge in [-0.25, -0.2) is 4.79 Å². The van der Waals surface area contributed by atoms with Crippen LogP contribution in [0, 0.1) is 0 Å². The van der Waals surface area contributed by atoms with Gasteiger partial charge in [0, 0.05) is 5.25 Å². The van der Waals surface area contributed by atoms with Gasteiger partial charge in [0.2, 0.25) is 0 Å². The van der Waals surface area contributed by atoms with E-state index in [0.717, 1.165) is 12.8 Å². The quantitative estimate of drug-likeness (QED) is 0.860. The number of benzene rings is 1. The van der Waals surface area contributed by atoms with Gasteiger partial charge in [0.1, 0.15) is 0 Å². The van der Waals surface area contributed by atoms with Gasteiger partial charge in [-0.1, -0.05) is 26.0 Å². The first-order valence-electron chi connectivity index (χ1n) is 5.34. The number of aromatic carboxylic acids is 1. The number of carboxylic acid groups (broad SMARTS) is 1. The summed E-state index contributed by atoms with van der Waals surface area (Å²) in [5, 5.41) is 9.04. The minimum atomic E-state index is -1.23. The van der Waals surface area contributed by atoms with E-state index in [1.54, 1.807) is 18.2 Å². The number of hydrogen-bond acceptors (Lipinski definition) is 2. The Labute approximate surface area is 98.0 Å². The molecule has 0 saturated heterocycles. The Morgan fingerprint density at radius 1 is 1.31 bits per heavy atom. The van der Waals surface area contributed by atoms with Crippen LogP contribution in [0.4, 0.5) is 0 Å². The molecule has 3 nitrogen and oxygen atoms in total. The lowest BCUT2D eigenvalue weighted by atomic mass is 10.2. The molecule has 0 amide bonds. The highest BCUT2D eigenvalue weighted by Crippen LogP contribution is 2.20. The van der Waals surface area contributed by atoms with Crippen LogP contribution in [0.2, 0.25) is 0 Å². The number of carboxylic acids is 1. The first kappa shape index (κ1) is 12.9. The van der Waals surface area contributed by atoms with Crippen LogP contribution in [0.15, 0.2) is 29.2 Å². The van der Waals surface area contributed by atoms with Crippen molar-refractivity contribution >= 4 is 16.8 Å². The van der Waals surface area contributed by atoms with Gasteiger partial charge in [-0.05, 0) is 25.0 Å². The molecule has 0 spiro atoms. The molecule has 0 aliphatic heterocycles. The van der Waals surface area contributed by atoms with Crippen molar-refractivity contribution < 1.29 is 14.1 Å². The predicted octanol–water partition coefficient (Wildman–Crippen LogP) is 2.68. The first-order chi connectivity index (χ1) is 7.61. The molecule has 16 heavy (non-hydrogen) atoms. The number of rotatable bonds is 5. The van der Waals surface area contributed by atoms with Crippen molar-refractivity contribution in [3.8, 4) is 0 Å². The molecule has 0 radical (unpaired) electrons. The van der Waals surface area contributed by atoms with E-state index in [9.17, 15) is 9.00 Å². The van der Waals surface area contributed by atoms with Crippen molar-refractivity contribution in [3.63, 3.8) is 0 Å². The molecule has 1 rings (SSSR count). The van der Waals surface area contributed by atoms with Crippen LogP contribution in [0.3, 0.4) is 0 Å². The van der Waals surface area contributed by atoms with Crippen molar-refractivity contribution in [2.75, 3.05) is 0 Å². The lowest BCUT2D eigenvalue weighted by Gasteiger charge is -2.13. The summed E-state index contributed by atoms with van der Waals surface area (Å²) in [7, 11) is -1.23. The Bertz CT molecular complexity index is 397. The molecule has 1 aromatic carbocycles. The van der Waals surface area contributed by atoms with Crippen molar-refractivity contribution in [1.82, 2.24) is 0 Å². The van der Waals surface area contributed by atoms with Crippen LogP contribution in [0.25, 0.3) is 0 Å². The zero-order valence-electron chi connectivity index (χ0n) is 9.47. The van der Waals surface area contributed by atoms with Gasteiger partial charge in [-0.3, -0.25) is 4.21 Å². The zero-order valence-corrected chi connectivity index (χ0v) is 10.3. The summed E-state index contributed by atoms with van der Waals surface area (Å²) < 4.78 is 12.2. The largest absolute Gasteiger partial charge is 0.478 e. The molecular formula is C12H16O3S. The third-order valence-corrected chi connectivity index (χ3v) is 4.61. The van der Waals surface area contributed by atoms with Gasteiger partial charge in [0.25, 0.3) is 0 Å². The summed E-state index contributed by atoms with van der Waals surface area (Å²) in [5.74, 6) is -1.02. The minimum absolute atomic E-state index is 0.0282. The van der Waals surface area contributed by atoms with Crippen molar-refractivity contribution in [3.05, 3.63) is 29.8 Å². The molecule has 1 N–H and O–H groups in total. The maximum atomic E-state index is 12.2. The molecule has 0 aliphatic carbocycles. The SMILES string of the molecule is CCC(CC)S(=O)c1ccccc1C(=O)O. The summed E-state index contributed by atoms with van der Waals surface area (Å²) in [6.45, 7) is 3.94. The summed E-state index contributed by atoms with van der Waals surface area (Å²) in [4.78, 5) is 11.4. The van der Waals surface area contributed by atoms with E-state index in [1.165, 1.54) is 6.07 Å². The van der Waals surface area contributed by atoms with Crippen LogP contribution >= 0.6 is 0 Å². The standard InChI is InChI=1S/C12H16O3S/c1-3-9(4-2)16(15)11-8-6-5-7-10(11)12(13)14/h5-9H,3-4H2,1-2H3,(H,13,14). The number of carbonyl (C=O) groups is 1. The van der Waals surface area contributed by atoms with E-state index in [0.29, 0.717) is 4.90 Å². The summed E-state index contributed by atoms with van der Waals surface area (Å²) in [6, 6.07) is 6.51. The highest BCUT2D eigenvalue weighted by atomic mass is 32.2. The van der Waals surface area contributed by atoms with Gasteiger partial charge >= 0.3 is 5.97 Å². The Balaban J connectivity index is 3.12. The van der Waals surface area contributed by atoms with E-state index in [-0.39, 0.29) is 10.8 Å². The van der Waals surface area contributed by atoms with Crippen molar-refractivity contribution in [2.45, 2.75) is 36.8 Å². The van der Waals surface area contributed by atoms with Gasteiger partial charge in [-0.15, -0.1) is 0 Å². The molecule has 0 saturated carbocycles. The lowest BCUT2D eigenvalue weighted by molar-refractivity contribution is 0.0693. The van der Waals surface area contributed by atoms with E-state index in [4.69, 9.17) is 5.11 Å². The van der Waals surface area contributed by atoms with E-state index >= 15 is 0 Å². The molecule has 1 atom stereocenters. The highest BCUT2D eigenvalue weighted by molar-refractivity contribution is 7.85. The maximum absolute atomic E-state index is 12.2. The highest BCUT2D eigenvalue weighted by Gasteiger charge is 2.20. The fourth-order valence-corrected chi connectivity index (χ4v) is 3.14. The molecule has 0 aromatic heterocycles. The molecular weight excluding hydrogens is 224 g/mol. The van der Waals surface area contributed by atoms with E-state index in [2.05, 4.69) is 0 Å². The zero-order chi connectivity index (χ0) is 12.1. The lowest BCUT2D eigenvalue weighted by Crippen LogP contribution is -2.15. The fourth-order valence-electron chi connectivity index (χ4n) is 1.59. The van der Waals surface area contributed by atoms with Crippen LogP contribution in [-0.2, 0) is 10.8 Å². The van der Waals surface area contributed by atoms with Gasteiger partial charge in [0.05, 0.1) is 21.3 Å². The Hall–Kier alpha value is -1.16. The van der Waals surface area contributed by atoms with Gasteiger partial charge in [0.15, 0.2) is 0 Å². The van der Waals surface area contributed by atoms with Crippen LogP contribution in [-0.4, -0.2) is 20.5 Å². The van der Waals surface area contributed by atoms with Crippen LogP contribution in [0.1, 0.15) is 37.0 Å². The minimum Gasteiger partial charge on any atom is -0.478 e. The maximum Gasteiger partial charge on any atom is 0.336 e. The average molecular weight is 240 g/mol. The molecule has 4 heteroatoms. The average Bonchev–Trinajstić information content (AvgIpc) is 2.30. The Morgan fingerprint density at radius 2 is 1.88 bits per heavy atom. The molecule has 0 aliphatic rings. The predicted molar refractivity (Wildman–Crippen MR) is 64.2 cm³/mol. The topological polar surface area (TPSA) is 54.4 Å². The summed E-state index contributed by atoms with van der Waals surface area (Å²) in [6.07, 6.45) is 1.58. The summed E-state index contributed by atoms with van der Waals surface area (Å²) in [5.41, 5.74) is 0.146. The van der Waals surface area contributed by atoms with Gasteiger partial charge in [-0.2, -0.15) is 0 Å². The Morgan fingerprint density at radius 3 is 2.38 bits per heavy atom. The van der Waals surface area contributed by atoms with E-state index < -0.39 is 16.8 Å². The summed E-state index contributed by atoms with van der Waals surface area (Å²) >= 11 is 0. The second-order valence-electron chi connectivity index (χ2n) is 3.54. The van der Waals surface area contributed by atoms with Crippen molar-refractivity contribution in [1.29, 1.82) is 0 Å². The second kappa shape index (κ2) is 5.80. The Kier molecular flexibility index (Phi) is 4.68. The molecule has 0 bridgehead atoms. The van der Waals surface area contributed by atoms with Crippen LogP contribution < -0.4 is 0 Å². The monoisotopic (exact) mass is 240 g/mol. The molecule has 1 unspecified atom stereocenters.